The number of benzene rings is 1. The Morgan fingerprint density at radius 2 is 2.25 bits per heavy atom. The summed E-state index contributed by atoms with van der Waals surface area (Å²) in [4.78, 5) is 0. The third-order valence-corrected chi connectivity index (χ3v) is 3.23. The quantitative estimate of drug-likeness (QED) is 0.658. The average molecular weight is 294 g/mol. The topological polar surface area (TPSA) is 26.0 Å². The van der Waals surface area contributed by atoms with Crippen LogP contribution < -0.4 is 5.73 Å². The second-order valence-electron chi connectivity index (χ2n) is 2.40. The van der Waals surface area contributed by atoms with E-state index >= 15 is 0 Å². The van der Waals surface area contributed by atoms with Crippen molar-refractivity contribution in [3.8, 4) is 0 Å². The standard InChI is InChI=1S/C9H9ClIN/c1-2-8(12)6-4-3-5-7(11)9(6)10/h2-5,8H,1,12H2. The first-order chi connectivity index (χ1) is 5.66. The Hall–Kier alpha value is -0.0600. The van der Waals surface area contributed by atoms with Gasteiger partial charge in [-0.3, -0.25) is 0 Å². The number of rotatable bonds is 2. The number of hydrogen-bond donors (Lipinski definition) is 1. The molecule has 3 heteroatoms. The van der Waals surface area contributed by atoms with Crippen LogP contribution in [-0.4, -0.2) is 0 Å². The van der Waals surface area contributed by atoms with Crippen LogP contribution in [-0.2, 0) is 0 Å². The van der Waals surface area contributed by atoms with Gasteiger partial charge in [-0.2, -0.15) is 0 Å². The van der Waals surface area contributed by atoms with Gasteiger partial charge in [0.05, 0.1) is 5.02 Å². The fourth-order valence-electron chi connectivity index (χ4n) is 0.905. The van der Waals surface area contributed by atoms with Crippen molar-refractivity contribution >= 4 is 34.2 Å². The minimum Gasteiger partial charge on any atom is -0.321 e. The van der Waals surface area contributed by atoms with Crippen LogP contribution in [0.3, 0.4) is 0 Å². The SMILES string of the molecule is C=CC(N)c1cccc(I)c1Cl. The van der Waals surface area contributed by atoms with Gasteiger partial charge in [0.25, 0.3) is 0 Å². The van der Waals surface area contributed by atoms with Crippen LogP contribution in [0.4, 0.5) is 0 Å². The molecule has 0 bridgehead atoms. The monoisotopic (exact) mass is 293 g/mol. The Labute approximate surface area is 90.7 Å². The van der Waals surface area contributed by atoms with Crippen LogP contribution in [0.5, 0.6) is 0 Å². The molecule has 0 amide bonds. The van der Waals surface area contributed by atoms with Gasteiger partial charge in [0.2, 0.25) is 0 Å². The Kier molecular flexibility index (Phi) is 3.55. The maximum absolute atomic E-state index is 6.03. The van der Waals surface area contributed by atoms with E-state index in [1.54, 1.807) is 6.08 Å². The largest absolute Gasteiger partial charge is 0.321 e. The zero-order chi connectivity index (χ0) is 9.14. The first-order valence-corrected chi connectivity index (χ1v) is 4.94. The third-order valence-electron chi connectivity index (χ3n) is 1.59. The molecule has 0 aromatic heterocycles. The minimum atomic E-state index is -0.174. The highest BCUT2D eigenvalue weighted by atomic mass is 127. The lowest BCUT2D eigenvalue weighted by molar-refractivity contribution is 0.913. The zero-order valence-corrected chi connectivity index (χ0v) is 9.34. The van der Waals surface area contributed by atoms with E-state index in [9.17, 15) is 0 Å². The van der Waals surface area contributed by atoms with Gasteiger partial charge >= 0.3 is 0 Å². The van der Waals surface area contributed by atoms with Gasteiger partial charge in [-0.05, 0) is 34.2 Å². The minimum absolute atomic E-state index is 0.174. The van der Waals surface area contributed by atoms with Gasteiger partial charge in [-0.15, -0.1) is 6.58 Å². The molecule has 1 unspecified atom stereocenters. The summed E-state index contributed by atoms with van der Waals surface area (Å²) in [5, 5.41) is 0.727. The Balaban J connectivity index is 3.15. The molecular weight excluding hydrogens is 284 g/mol. The molecule has 0 saturated heterocycles. The summed E-state index contributed by atoms with van der Waals surface area (Å²) < 4.78 is 1.02. The molecule has 1 nitrogen and oxygen atoms in total. The van der Waals surface area contributed by atoms with Crippen molar-refractivity contribution in [2.45, 2.75) is 6.04 Å². The highest BCUT2D eigenvalue weighted by Crippen LogP contribution is 2.26. The van der Waals surface area contributed by atoms with Crippen LogP contribution >= 0.6 is 34.2 Å². The van der Waals surface area contributed by atoms with E-state index in [1.807, 2.05) is 18.2 Å². The predicted molar refractivity (Wildman–Crippen MR) is 61.3 cm³/mol. The molecule has 1 aromatic rings. The van der Waals surface area contributed by atoms with Gasteiger partial charge < -0.3 is 5.73 Å². The lowest BCUT2D eigenvalue weighted by Crippen LogP contribution is -2.07. The van der Waals surface area contributed by atoms with E-state index in [0.717, 1.165) is 14.2 Å². The Morgan fingerprint density at radius 3 is 2.83 bits per heavy atom. The van der Waals surface area contributed by atoms with Crippen molar-refractivity contribution in [1.29, 1.82) is 0 Å². The summed E-state index contributed by atoms with van der Waals surface area (Å²) >= 11 is 8.21. The average Bonchev–Trinajstić information content (AvgIpc) is 2.08. The molecule has 2 N–H and O–H groups in total. The summed E-state index contributed by atoms with van der Waals surface area (Å²) in [6.07, 6.45) is 1.68. The normalized spacial score (nSPS) is 12.6. The van der Waals surface area contributed by atoms with Crippen molar-refractivity contribution in [2.75, 3.05) is 0 Å². The van der Waals surface area contributed by atoms with Crippen LogP contribution in [0.2, 0.25) is 5.02 Å². The predicted octanol–water partition coefficient (Wildman–Crippen LogP) is 3.13. The van der Waals surface area contributed by atoms with Gasteiger partial charge in [0.1, 0.15) is 0 Å². The van der Waals surface area contributed by atoms with E-state index in [2.05, 4.69) is 29.2 Å². The number of hydrogen-bond acceptors (Lipinski definition) is 1. The molecule has 0 aliphatic carbocycles. The highest BCUT2D eigenvalue weighted by molar-refractivity contribution is 14.1. The molecule has 0 aliphatic rings. The number of nitrogens with two attached hydrogens (primary N) is 1. The molecule has 0 fully saturated rings. The molecule has 1 atom stereocenters. The molecule has 0 saturated carbocycles. The molecule has 0 spiro atoms. The van der Waals surface area contributed by atoms with Gasteiger partial charge in [-0.25, -0.2) is 0 Å². The molecule has 1 rings (SSSR count). The van der Waals surface area contributed by atoms with Crippen molar-refractivity contribution in [3.63, 3.8) is 0 Å². The first kappa shape index (κ1) is 10.0. The van der Waals surface area contributed by atoms with Gasteiger partial charge in [0.15, 0.2) is 0 Å². The van der Waals surface area contributed by atoms with Gasteiger partial charge in [-0.1, -0.05) is 29.8 Å². The maximum Gasteiger partial charge on any atom is 0.0590 e. The summed E-state index contributed by atoms with van der Waals surface area (Å²) in [5.41, 5.74) is 6.69. The van der Waals surface area contributed by atoms with Crippen LogP contribution in [0, 0.1) is 3.57 Å². The summed E-state index contributed by atoms with van der Waals surface area (Å²) in [5.74, 6) is 0. The number of halogens is 2. The smallest absolute Gasteiger partial charge is 0.0590 e. The van der Waals surface area contributed by atoms with E-state index in [1.165, 1.54) is 0 Å². The van der Waals surface area contributed by atoms with E-state index in [0.29, 0.717) is 0 Å². The van der Waals surface area contributed by atoms with E-state index in [4.69, 9.17) is 17.3 Å². The highest BCUT2D eigenvalue weighted by Gasteiger charge is 2.07. The first-order valence-electron chi connectivity index (χ1n) is 3.49. The fourth-order valence-corrected chi connectivity index (χ4v) is 1.68. The Bertz CT molecular complexity index is 299. The fraction of sp³-hybridized carbons (Fsp3) is 0.111. The molecule has 0 aliphatic heterocycles. The van der Waals surface area contributed by atoms with Crippen molar-refractivity contribution in [3.05, 3.63) is 45.0 Å². The van der Waals surface area contributed by atoms with Crippen LogP contribution in [0.15, 0.2) is 30.9 Å². The van der Waals surface area contributed by atoms with Crippen LogP contribution in [0.25, 0.3) is 0 Å². The lowest BCUT2D eigenvalue weighted by Gasteiger charge is -2.09. The van der Waals surface area contributed by atoms with Crippen molar-refractivity contribution < 1.29 is 0 Å². The second kappa shape index (κ2) is 4.25. The summed E-state index contributed by atoms with van der Waals surface area (Å²) in [6.45, 7) is 3.62. The van der Waals surface area contributed by atoms with Crippen molar-refractivity contribution in [2.24, 2.45) is 5.73 Å². The maximum atomic E-state index is 6.03. The second-order valence-corrected chi connectivity index (χ2v) is 3.94. The summed E-state index contributed by atoms with van der Waals surface area (Å²) in [7, 11) is 0. The van der Waals surface area contributed by atoms with Crippen molar-refractivity contribution in [1.82, 2.24) is 0 Å². The molecule has 12 heavy (non-hydrogen) atoms. The molecular formula is C9H9ClIN. The molecule has 64 valence electrons. The zero-order valence-electron chi connectivity index (χ0n) is 6.43. The molecule has 1 aromatic carbocycles. The van der Waals surface area contributed by atoms with Crippen LogP contribution in [0.1, 0.15) is 11.6 Å². The molecule has 0 radical (unpaired) electrons. The third kappa shape index (κ3) is 2.00. The lowest BCUT2D eigenvalue weighted by atomic mass is 10.1. The summed E-state index contributed by atoms with van der Waals surface area (Å²) in [6, 6.07) is 5.62. The van der Waals surface area contributed by atoms with Gasteiger partial charge in [0, 0.05) is 9.61 Å². The van der Waals surface area contributed by atoms with E-state index < -0.39 is 0 Å². The Morgan fingerprint density at radius 1 is 1.58 bits per heavy atom. The molecule has 0 heterocycles. The van der Waals surface area contributed by atoms with E-state index in [-0.39, 0.29) is 6.04 Å².